The molecular formula is C12H14N2O6S2. The number of nitrogens with one attached hydrogen (secondary N) is 1. The molecule has 3 rings (SSSR count). The van der Waals surface area contributed by atoms with Crippen LogP contribution in [-0.4, -0.2) is 41.4 Å². The number of hydrogen-bond donors (Lipinski definition) is 2. The fourth-order valence-corrected chi connectivity index (χ4v) is 5.70. The third kappa shape index (κ3) is 2.71. The average Bonchev–Trinajstić information content (AvgIpc) is 2.96. The van der Waals surface area contributed by atoms with E-state index in [4.69, 9.17) is 4.74 Å². The van der Waals surface area contributed by atoms with Gasteiger partial charge in [-0.3, -0.25) is 19.1 Å². The molecule has 1 aromatic heterocycles. The molecule has 120 valence electrons. The van der Waals surface area contributed by atoms with E-state index in [1.807, 2.05) is 0 Å². The van der Waals surface area contributed by atoms with Gasteiger partial charge in [0.05, 0.1) is 21.2 Å². The molecule has 0 aliphatic carbocycles. The third-order valence-corrected chi connectivity index (χ3v) is 6.99. The highest BCUT2D eigenvalue weighted by atomic mass is 33.1. The normalized spacial score (nSPS) is 35.2. The number of H-pyrrole nitrogens is 1. The number of ether oxygens (including phenoxy) is 1. The third-order valence-electron chi connectivity index (χ3n) is 3.75. The number of carbonyl (C=O) groups is 1. The minimum Gasteiger partial charge on any atom is -0.390 e. The topological polar surface area (TPSA) is 118 Å². The zero-order chi connectivity index (χ0) is 16.0. The monoisotopic (exact) mass is 346 g/mol. The van der Waals surface area contributed by atoms with E-state index in [1.165, 1.54) is 10.8 Å². The van der Waals surface area contributed by atoms with Crippen LogP contribution < -0.4 is 11.2 Å². The van der Waals surface area contributed by atoms with E-state index in [2.05, 4.69) is 4.98 Å². The van der Waals surface area contributed by atoms with Crippen molar-refractivity contribution in [1.82, 2.24) is 9.55 Å². The summed E-state index contributed by atoms with van der Waals surface area (Å²) in [6.07, 6.45) is -0.894. The summed E-state index contributed by atoms with van der Waals surface area (Å²) in [7, 11) is -0.701. The number of carbonyl (C=O) groups excluding carboxylic acids is 1. The van der Waals surface area contributed by atoms with Crippen molar-refractivity contribution < 1.29 is 18.8 Å². The number of aromatic nitrogens is 2. The van der Waals surface area contributed by atoms with Crippen LogP contribution in [0.25, 0.3) is 0 Å². The van der Waals surface area contributed by atoms with Crippen LogP contribution in [0.4, 0.5) is 0 Å². The summed E-state index contributed by atoms with van der Waals surface area (Å²) in [5.41, 5.74) is -0.766. The zero-order valence-electron chi connectivity index (χ0n) is 11.6. The lowest BCUT2D eigenvalue weighted by molar-refractivity contribution is -0.111. The van der Waals surface area contributed by atoms with Crippen molar-refractivity contribution in [2.24, 2.45) is 0 Å². The predicted octanol–water partition coefficient (Wildman–Crippen LogP) is -0.811. The summed E-state index contributed by atoms with van der Waals surface area (Å²) in [4.78, 5) is 36.8. The van der Waals surface area contributed by atoms with Crippen molar-refractivity contribution in [1.29, 1.82) is 0 Å². The summed E-state index contributed by atoms with van der Waals surface area (Å²) < 4.78 is 18.7. The number of aliphatic hydroxyl groups excluding tert-OH is 1. The largest absolute Gasteiger partial charge is 0.390 e. The minimum atomic E-state index is -1.45. The van der Waals surface area contributed by atoms with Crippen molar-refractivity contribution in [2.75, 3.05) is 0 Å². The molecule has 1 aromatic rings. The second-order valence-corrected chi connectivity index (χ2v) is 8.53. The van der Waals surface area contributed by atoms with Crippen LogP contribution in [0.15, 0.2) is 15.8 Å². The van der Waals surface area contributed by atoms with Crippen molar-refractivity contribution in [3.63, 3.8) is 0 Å². The number of hydrogen-bond acceptors (Lipinski definition) is 7. The molecule has 2 fully saturated rings. The molecule has 2 unspecified atom stereocenters. The quantitative estimate of drug-likeness (QED) is 0.672. The molecule has 0 bridgehead atoms. The van der Waals surface area contributed by atoms with Crippen LogP contribution in [0.1, 0.15) is 24.6 Å². The first-order valence-corrected chi connectivity index (χ1v) is 9.19. The summed E-state index contributed by atoms with van der Waals surface area (Å²) in [6.45, 7) is 1.55. The first-order chi connectivity index (χ1) is 10.4. The van der Waals surface area contributed by atoms with E-state index in [0.717, 1.165) is 10.8 Å². The van der Waals surface area contributed by atoms with Crippen LogP contribution in [-0.2, 0) is 19.4 Å². The molecule has 0 aromatic carbocycles. The molecule has 2 aliphatic heterocycles. The molecule has 22 heavy (non-hydrogen) atoms. The lowest BCUT2D eigenvalue weighted by Crippen LogP contribution is -2.36. The summed E-state index contributed by atoms with van der Waals surface area (Å²) in [6, 6.07) is 0. The summed E-state index contributed by atoms with van der Waals surface area (Å²) in [5.74, 6) is 0. The van der Waals surface area contributed by atoms with Crippen LogP contribution in [0.5, 0.6) is 0 Å². The standard InChI is InChI=1S/C12H14N2O6S2/c1-5-4-14(12(18)13-11(5)17)8-2-6(15)10(20-8)7-3-9(16)21-22(7)19/h4,6-8,10,15H,2-3H2,1H3,(H,13,17,18)/t6-,7?,8+,10-,22?/m0/s1. The maximum absolute atomic E-state index is 11.9. The van der Waals surface area contributed by atoms with E-state index in [1.54, 1.807) is 6.92 Å². The number of aryl methyl sites for hydroxylation is 1. The highest BCUT2D eigenvalue weighted by Crippen LogP contribution is 2.38. The molecule has 0 saturated carbocycles. The molecular weight excluding hydrogens is 332 g/mol. The molecule has 0 amide bonds. The average molecular weight is 346 g/mol. The summed E-state index contributed by atoms with van der Waals surface area (Å²) >= 11 is 0. The SMILES string of the molecule is Cc1cn([C@H]2C[C@H](O)[C@@H](C3CC(=O)SS3=O)O2)c(=O)[nH]c1=O. The first kappa shape index (κ1) is 15.7. The van der Waals surface area contributed by atoms with Crippen molar-refractivity contribution >= 4 is 25.7 Å². The van der Waals surface area contributed by atoms with E-state index >= 15 is 0 Å². The molecule has 2 N–H and O–H groups in total. The molecule has 10 heteroatoms. The Bertz CT molecular complexity index is 757. The Morgan fingerprint density at radius 2 is 2.18 bits per heavy atom. The van der Waals surface area contributed by atoms with Gasteiger partial charge in [0.2, 0.25) is 5.12 Å². The van der Waals surface area contributed by atoms with Gasteiger partial charge in [-0.2, -0.15) is 0 Å². The Hall–Kier alpha value is -1.23. The van der Waals surface area contributed by atoms with Gasteiger partial charge in [0.25, 0.3) is 5.56 Å². The molecule has 0 radical (unpaired) electrons. The highest BCUT2D eigenvalue weighted by Gasteiger charge is 2.46. The lowest BCUT2D eigenvalue weighted by atomic mass is 10.1. The van der Waals surface area contributed by atoms with Crippen molar-refractivity contribution in [3.05, 3.63) is 32.6 Å². The Morgan fingerprint density at radius 1 is 1.45 bits per heavy atom. The summed E-state index contributed by atoms with van der Waals surface area (Å²) in [5, 5.41) is 9.35. The molecule has 5 atom stereocenters. The van der Waals surface area contributed by atoms with E-state index in [9.17, 15) is 23.7 Å². The van der Waals surface area contributed by atoms with E-state index in [0.29, 0.717) is 5.56 Å². The van der Waals surface area contributed by atoms with Crippen LogP contribution in [0.2, 0.25) is 0 Å². The van der Waals surface area contributed by atoms with Gasteiger partial charge in [-0.05, 0) is 6.92 Å². The van der Waals surface area contributed by atoms with Gasteiger partial charge in [-0.1, -0.05) is 0 Å². The fourth-order valence-electron chi connectivity index (χ4n) is 2.63. The molecule has 3 heterocycles. The molecule has 2 saturated heterocycles. The van der Waals surface area contributed by atoms with E-state index in [-0.39, 0.29) is 18.0 Å². The molecule has 2 aliphatic rings. The zero-order valence-corrected chi connectivity index (χ0v) is 13.2. The van der Waals surface area contributed by atoms with Crippen molar-refractivity contribution in [3.8, 4) is 0 Å². The van der Waals surface area contributed by atoms with Crippen LogP contribution in [0, 0.1) is 6.92 Å². The van der Waals surface area contributed by atoms with Gasteiger partial charge in [0, 0.05) is 35.4 Å². The Labute approximate surface area is 130 Å². The second-order valence-electron chi connectivity index (χ2n) is 5.30. The number of nitrogens with zero attached hydrogens (tertiary/aromatic N) is 1. The Balaban J connectivity index is 1.86. The van der Waals surface area contributed by atoms with Gasteiger partial charge in [-0.25, -0.2) is 9.00 Å². The predicted molar refractivity (Wildman–Crippen MR) is 79.7 cm³/mol. The van der Waals surface area contributed by atoms with Gasteiger partial charge >= 0.3 is 5.69 Å². The minimum absolute atomic E-state index is 0.0747. The maximum atomic E-state index is 11.9. The van der Waals surface area contributed by atoms with E-state index < -0.39 is 44.8 Å². The van der Waals surface area contributed by atoms with Gasteiger partial charge in [0.15, 0.2) is 0 Å². The number of aromatic amines is 1. The lowest BCUT2D eigenvalue weighted by Gasteiger charge is -2.19. The molecule has 0 spiro atoms. The molecule has 8 nitrogen and oxygen atoms in total. The number of aliphatic hydroxyl groups is 1. The fraction of sp³-hybridized carbons (Fsp3) is 0.583. The highest BCUT2D eigenvalue weighted by molar-refractivity contribution is 8.76. The second kappa shape index (κ2) is 5.76. The van der Waals surface area contributed by atoms with Crippen LogP contribution in [0.3, 0.4) is 0 Å². The van der Waals surface area contributed by atoms with Gasteiger partial charge in [-0.15, -0.1) is 0 Å². The Morgan fingerprint density at radius 3 is 2.82 bits per heavy atom. The maximum Gasteiger partial charge on any atom is 0.330 e. The smallest absolute Gasteiger partial charge is 0.330 e. The van der Waals surface area contributed by atoms with Crippen LogP contribution >= 0.6 is 10.8 Å². The van der Waals surface area contributed by atoms with Gasteiger partial charge < -0.3 is 9.84 Å². The van der Waals surface area contributed by atoms with Crippen molar-refractivity contribution in [2.45, 2.75) is 43.5 Å². The van der Waals surface area contributed by atoms with Gasteiger partial charge in [0.1, 0.15) is 12.3 Å². The number of rotatable bonds is 2. The first-order valence-electron chi connectivity index (χ1n) is 6.64. The Kier molecular flexibility index (Phi) is 4.10.